The van der Waals surface area contributed by atoms with E-state index in [1.807, 2.05) is 62.6 Å². The van der Waals surface area contributed by atoms with Gasteiger partial charge in [-0.15, -0.1) is 0 Å². The first-order chi connectivity index (χ1) is 18.5. The molecule has 1 atom stereocenters. The third-order valence-electron chi connectivity index (χ3n) is 7.05. The van der Waals surface area contributed by atoms with Crippen LogP contribution in [0.25, 0.3) is 33.3 Å². The SMILES string of the molecule is Cc1ccccc1C(c1ccccn1)n1cc(-c2ccc(C#N)cc2)c2ncc(-c3c(C)noc3C)cc21. The van der Waals surface area contributed by atoms with Crippen LogP contribution in [0.15, 0.2) is 95.9 Å². The van der Waals surface area contributed by atoms with E-state index in [4.69, 9.17) is 14.5 Å². The van der Waals surface area contributed by atoms with Gasteiger partial charge >= 0.3 is 0 Å². The van der Waals surface area contributed by atoms with Crippen molar-refractivity contribution in [1.82, 2.24) is 19.7 Å². The molecule has 6 nitrogen and oxygen atoms in total. The molecule has 6 heteroatoms. The fourth-order valence-electron chi connectivity index (χ4n) is 5.19. The van der Waals surface area contributed by atoms with Crippen LogP contribution < -0.4 is 0 Å². The Balaban J connectivity index is 1.67. The molecule has 38 heavy (non-hydrogen) atoms. The maximum absolute atomic E-state index is 9.31. The summed E-state index contributed by atoms with van der Waals surface area (Å²) in [6.07, 6.45) is 5.87. The molecule has 0 N–H and O–H groups in total. The second kappa shape index (κ2) is 9.45. The summed E-state index contributed by atoms with van der Waals surface area (Å²) in [5.74, 6) is 0.759. The Bertz CT molecular complexity index is 1790. The van der Waals surface area contributed by atoms with Crippen LogP contribution in [-0.2, 0) is 0 Å². The molecule has 6 rings (SSSR count). The smallest absolute Gasteiger partial charge is 0.141 e. The third kappa shape index (κ3) is 3.95. The van der Waals surface area contributed by atoms with Crippen LogP contribution in [0.4, 0.5) is 0 Å². The highest BCUT2D eigenvalue weighted by atomic mass is 16.5. The van der Waals surface area contributed by atoms with E-state index in [0.29, 0.717) is 5.56 Å². The Labute approximate surface area is 220 Å². The topological polar surface area (TPSA) is 80.5 Å². The molecule has 0 saturated carbocycles. The molecule has 184 valence electrons. The summed E-state index contributed by atoms with van der Waals surface area (Å²) in [6, 6.07) is 26.3. The van der Waals surface area contributed by atoms with Gasteiger partial charge in [0.25, 0.3) is 0 Å². The second-order valence-corrected chi connectivity index (χ2v) is 9.44. The minimum Gasteiger partial charge on any atom is -0.361 e. The van der Waals surface area contributed by atoms with Gasteiger partial charge in [-0.2, -0.15) is 5.26 Å². The first kappa shape index (κ1) is 23.4. The second-order valence-electron chi connectivity index (χ2n) is 9.44. The zero-order chi connectivity index (χ0) is 26.2. The number of hydrogen-bond acceptors (Lipinski definition) is 5. The highest BCUT2D eigenvalue weighted by Crippen LogP contribution is 2.38. The quantitative estimate of drug-likeness (QED) is 0.253. The number of hydrogen-bond donors (Lipinski definition) is 0. The van der Waals surface area contributed by atoms with Gasteiger partial charge in [0.05, 0.1) is 34.1 Å². The van der Waals surface area contributed by atoms with Crippen LogP contribution in [0, 0.1) is 32.1 Å². The Morgan fingerprint density at radius 3 is 2.37 bits per heavy atom. The predicted octanol–water partition coefficient (Wildman–Crippen LogP) is 7.19. The van der Waals surface area contributed by atoms with Gasteiger partial charge in [-0.1, -0.05) is 47.6 Å². The molecule has 0 spiro atoms. The van der Waals surface area contributed by atoms with Crippen molar-refractivity contribution in [1.29, 1.82) is 5.26 Å². The first-order valence-corrected chi connectivity index (χ1v) is 12.5. The fraction of sp³-hybridized carbons (Fsp3) is 0.125. The molecule has 4 heterocycles. The number of nitrogens with zero attached hydrogens (tertiary/aromatic N) is 5. The van der Waals surface area contributed by atoms with E-state index < -0.39 is 0 Å². The number of pyridine rings is 2. The van der Waals surface area contributed by atoms with Crippen molar-refractivity contribution in [2.24, 2.45) is 0 Å². The number of rotatable bonds is 5. The number of benzene rings is 2. The summed E-state index contributed by atoms with van der Waals surface area (Å²) >= 11 is 0. The van der Waals surface area contributed by atoms with E-state index in [2.05, 4.69) is 65.3 Å². The lowest BCUT2D eigenvalue weighted by Gasteiger charge is -2.22. The van der Waals surface area contributed by atoms with E-state index in [1.54, 1.807) is 0 Å². The highest BCUT2D eigenvalue weighted by Gasteiger charge is 2.24. The molecule has 6 aromatic rings. The lowest BCUT2D eigenvalue weighted by atomic mass is 9.97. The maximum atomic E-state index is 9.31. The zero-order valence-corrected chi connectivity index (χ0v) is 21.4. The largest absolute Gasteiger partial charge is 0.361 e. The predicted molar refractivity (Wildman–Crippen MR) is 148 cm³/mol. The van der Waals surface area contributed by atoms with Crippen molar-refractivity contribution in [3.05, 3.63) is 125 Å². The van der Waals surface area contributed by atoms with Crippen LogP contribution in [0.2, 0.25) is 0 Å². The summed E-state index contributed by atoms with van der Waals surface area (Å²) in [4.78, 5) is 9.76. The van der Waals surface area contributed by atoms with Crippen molar-refractivity contribution in [2.75, 3.05) is 0 Å². The van der Waals surface area contributed by atoms with Gasteiger partial charge in [-0.3, -0.25) is 9.97 Å². The van der Waals surface area contributed by atoms with Crippen molar-refractivity contribution in [3.63, 3.8) is 0 Å². The van der Waals surface area contributed by atoms with Gasteiger partial charge in [0.15, 0.2) is 0 Å². The molecule has 0 aliphatic heterocycles. The summed E-state index contributed by atoms with van der Waals surface area (Å²) in [5, 5.41) is 13.5. The summed E-state index contributed by atoms with van der Waals surface area (Å²) in [6.45, 7) is 6.00. The number of nitriles is 1. The van der Waals surface area contributed by atoms with Crippen molar-refractivity contribution < 1.29 is 4.52 Å². The van der Waals surface area contributed by atoms with E-state index >= 15 is 0 Å². The minimum absolute atomic E-state index is 0.172. The van der Waals surface area contributed by atoms with Crippen molar-refractivity contribution in [3.8, 4) is 28.3 Å². The maximum Gasteiger partial charge on any atom is 0.141 e. The molecule has 0 aliphatic carbocycles. The van der Waals surface area contributed by atoms with E-state index in [9.17, 15) is 5.26 Å². The molecule has 0 saturated heterocycles. The lowest BCUT2D eigenvalue weighted by molar-refractivity contribution is 0.393. The lowest BCUT2D eigenvalue weighted by Crippen LogP contribution is -2.14. The van der Waals surface area contributed by atoms with Crippen molar-refractivity contribution >= 4 is 11.0 Å². The molecule has 0 bridgehead atoms. The highest BCUT2D eigenvalue weighted by molar-refractivity contribution is 5.95. The normalized spacial score (nSPS) is 11.9. The summed E-state index contributed by atoms with van der Waals surface area (Å²) in [7, 11) is 0. The molecule has 2 aromatic carbocycles. The van der Waals surface area contributed by atoms with E-state index in [1.165, 1.54) is 5.56 Å². The van der Waals surface area contributed by atoms with E-state index in [0.717, 1.165) is 56.0 Å². The Hall–Kier alpha value is -5.02. The molecular weight excluding hydrogens is 470 g/mol. The van der Waals surface area contributed by atoms with Crippen LogP contribution in [-0.4, -0.2) is 19.7 Å². The van der Waals surface area contributed by atoms with Gasteiger partial charge in [0.1, 0.15) is 11.8 Å². The molecule has 0 fully saturated rings. The fourth-order valence-corrected chi connectivity index (χ4v) is 5.19. The average molecular weight is 496 g/mol. The molecule has 1 unspecified atom stereocenters. The average Bonchev–Trinajstić information content (AvgIpc) is 3.49. The van der Waals surface area contributed by atoms with Crippen molar-refractivity contribution in [2.45, 2.75) is 26.8 Å². The van der Waals surface area contributed by atoms with Crippen LogP contribution >= 0.6 is 0 Å². The van der Waals surface area contributed by atoms with Crippen LogP contribution in [0.5, 0.6) is 0 Å². The molecule has 0 amide bonds. The molecule has 0 aliphatic rings. The monoisotopic (exact) mass is 495 g/mol. The number of aryl methyl sites for hydroxylation is 3. The summed E-state index contributed by atoms with van der Waals surface area (Å²) < 4.78 is 7.74. The van der Waals surface area contributed by atoms with Crippen LogP contribution in [0.1, 0.15) is 39.9 Å². The Kier molecular flexibility index (Phi) is 5.82. The molecule has 4 aromatic heterocycles. The van der Waals surface area contributed by atoms with Gasteiger partial charge < -0.3 is 9.09 Å². The van der Waals surface area contributed by atoms with Crippen LogP contribution in [0.3, 0.4) is 0 Å². The summed E-state index contributed by atoms with van der Waals surface area (Å²) in [5.41, 5.74) is 10.5. The van der Waals surface area contributed by atoms with Gasteiger partial charge in [0, 0.05) is 35.3 Å². The number of fused-ring (bicyclic) bond motifs is 1. The van der Waals surface area contributed by atoms with Gasteiger partial charge in [-0.25, -0.2) is 0 Å². The van der Waals surface area contributed by atoms with Gasteiger partial charge in [0.2, 0.25) is 0 Å². The molecular formula is C32H25N5O. The standard InChI is InChI=1S/C32H25N5O/c1-20-8-4-5-9-26(20)32(28-10-6-7-15-34-28)37-19-27(24-13-11-23(17-33)12-14-24)31-29(37)16-25(18-35-31)30-21(2)36-38-22(30)3/h4-16,18-19,32H,1-3H3. The van der Waals surface area contributed by atoms with E-state index in [-0.39, 0.29) is 6.04 Å². The third-order valence-corrected chi connectivity index (χ3v) is 7.05. The Morgan fingerprint density at radius 1 is 0.895 bits per heavy atom. The Morgan fingerprint density at radius 2 is 1.68 bits per heavy atom. The molecule has 0 radical (unpaired) electrons. The number of aromatic nitrogens is 4. The van der Waals surface area contributed by atoms with Gasteiger partial charge in [-0.05, 0) is 67.8 Å². The minimum atomic E-state index is -0.172. The first-order valence-electron chi connectivity index (χ1n) is 12.5. The zero-order valence-electron chi connectivity index (χ0n) is 21.4.